The number of rotatable bonds is 6. The van der Waals surface area contributed by atoms with Crippen molar-refractivity contribution in [1.29, 1.82) is 0 Å². The standard InChI is InChI=1S/C12H17N3O3/c1-15(9-3-4-9)5-6-18-11-8-13-7-10(14-11)12(16)17-2/h7-9H,3-6H2,1-2H3. The fourth-order valence-electron chi connectivity index (χ4n) is 1.61. The van der Waals surface area contributed by atoms with Gasteiger partial charge in [-0.1, -0.05) is 0 Å². The van der Waals surface area contributed by atoms with Gasteiger partial charge in [0.05, 0.1) is 19.5 Å². The Morgan fingerprint density at radius 3 is 2.94 bits per heavy atom. The van der Waals surface area contributed by atoms with Crippen molar-refractivity contribution >= 4 is 5.97 Å². The summed E-state index contributed by atoms with van der Waals surface area (Å²) < 4.78 is 10.0. The Bertz CT molecular complexity index is 421. The second-order valence-corrected chi connectivity index (χ2v) is 4.29. The third-order valence-corrected chi connectivity index (χ3v) is 2.87. The van der Waals surface area contributed by atoms with E-state index >= 15 is 0 Å². The van der Waals surface area contributed by atoms with Gasteiger partial charge in [0.2, 0.25) is 5.88 Å². The number of carbonyl (C=O) groups excluding carboxylic acids is 1. The number of nitrogens with zero attached hydrogens (tertiary/aromatic N) is 3. The van der Waals surface area contributed by atoms with Gasteiger partial charge < -0.3 is 14.4 Å². The van der Waals surface area contributed by atoms with Gasteiger partial charge in [-0.2, -0.15) is 0 Å². The van der Waals surface area contributed by atoms with E-state index < -0.39 is 5.97 Å². The molecule has 0 N–H and O–H groups in total. The highest BCUT2D eigenvalue weighted by Crippen LogP contribution is 2.24. The number of carbonyl (C=O) groups is 1. The Kier molecular flexibility index (Phi) is 4.09. The van der Waals surface area contributed by atoms with Crippen LogP contribution in [-0.4, -0.2) is 54.2 Å². The lowest BCUT2D eigenvalue weighted by Gasteiger charge is -2.15. The van der Waals surface area contributed by atoms with Crippen LogP contribution in [0.3, 0.4) is 0 Å². The largest absolute Gasteiger partial charge is 0.475 e. The monoisotopic (exact) mass is 251 g/mol. The maximum Gasteiger partial charge on any atom is 0.358 e. The fraction of sp³-hybridized carbons (Fsp3) is 0.583. The molecule has 1 heterocycles. The zero-order chi connectivity index (χ0) is 13.0. The van der Waals surface area contributed by atoms with Crippen molar-refractivity contribution < 1.29 is 14.3 Å². The first kappa shape index (κ1) is 12.8. The highest BCUT2D eigenvalue weighted by molar-refractivity contribution is 5.86. The van der Waals surface area contributed by atoms with Crippen molar-refractivity contribution in [1.82, 2.24) is 14.9 Å². The molecule has 0 bridgehead atoms. The maximum absolute atomic E-state index is 11.3. The molecule has 6 heteroatoms. The van der Waals surface area contributed by atoms with Crippen LogP contribution in [0.5, 0.6) is 5.88 Å². The van der Waals surface area contributed by atoms with Gasteiger partial charge in [0, 0.05) is 12.6 Å². The van der Waals surface area contributed by atoms with E-state index in [1.807, 2.05) is 0 Å². The number of hydrogen-bond acceptors (Lipinski definition) is 6. The Balaban J connectivity index is 1.83. The molecule has 1 aromatic heterocycles. The van der Waals surface area contributed by atoms with E-state index in [9.17, 15) is 4.79 Å². The van der Waals surface area contributed by atoms with Gasteiger partial charge in [0.25, 0.3) is 0 Å². The highest BCUT2D eigenvalue weighted by Gasteiger charge is 2.25. The van der Waals surface area contributed by atoms with Gasteiger partial charge in [-0.05, 0) is 19.9 Å². The summed E-state index contributed by atoms with van der Waals surface area (Å²) in [6, 6.07) is 0.709. The zero-order valence-electron chi connectivity index (χ0n) is 10.6. The lowest BCUT2D eigenvalue weighted by Crippen LogP contribution is -2.26. The van der Waals surface area contributed by atoms with Crippen LogP contribution >= 0.6 is 0 Å². The van der Waals surface area contributed by atoms with Crippen LogP contribution in [-0.2, 0) is 4.74 Å². The maximum atomic E-state index is 11.3. The Morgan fingerprint density at radius 2 is 2.28 bits per heavy atom. The molecule has 0 amide bonds. The van der Waals surface area contributed by atoms with Gasteiger partial charge in [-0.15, -0.1) is 0 Å². The lowest BCUT2D eigenvalue weighted by molar-refractivity contribution is 0.0592. The number of hydrogen-bond donors (Lipinski definition) is 0. The predicted octanol–water partition coefficient (Wildman–Crippen LogP) is 0.736. The molecular weight excluding hydrogens is 234 g/mol. The first-order valence-corrected chi connectivity index (χ1v) is 5.94. The summed E-state index contributed by atoms with van der Waals surface area (Å²) >= 11 is 0. The minimum absolute atomic E-state index is 0.158. The summed E-state index contributed by atoms with van der Waals surface area (Å²) in [5, 5.41) is 0. The average molecular weight is 251 g/mol. The van der Waals surface area contributed by atoms with Crippen LogP contribution < -0.4 is 4.74 Å². The summed E-state index contributed by atoms with van der Waals surface area (Å²) in [7, 11) is 3.39. The van der Waals surface area contributed by atoms with Gasteiger partial charge in [-0.25, -0.2) is 9.78 Å². The molecule has 98 valence electrons. The average Bonchev–Trinajstić information content (AvgIpc) is 3.22. The SMILES string of the molecule is COC(=O)c1cncc(OCCN(C)C2CC2)n1. The topological polar surface area (TPSA) is 64.6 Å². The Hall–Kier alpha value is -1.69. The van der Waals surface area contributed by atoms with E-state index in [4.69, 9.17) is 4.74 Å². The number of ether oxygens (including phenoxy) is 2. The molecule has 1 fully saturated rings. The molecule has 0 atom stereocenters. The molecule has 0 spiro atoms. The molecule has 1 saturated carbocycles. The van der Waals surface area contributed by atoms with Crippen molar-refractivity contribution in [2.75, 3.05) is 27.3 Å². The van der Waals surface area contributed by atoms with Crippen LogP contribution in [0.15, 0.2) is 12.4 Å². The molecule has 0 radical (unpaired) electrons. The van der Waals surface area contributed by atoms with Crippen molar-refractivity contribution in [3.8, 4) is 5.88 Å². The Labute approximate surface area is 106 Å². The first-order valence-electron chi connectivity index (χ1n) is 5.94. The van der Waals surface area contributed by atoms with Crippen LogP contribution in [0.2, 0.25) is 0 Å². The lowest BCUT2D eigenvalue weighted by atomic mass is 10.4. The van der Waals surface area contributed by atoms with Crippen LogP contribution in [0.25, 0.3) is 0 Å². The summed E-state index contributed by atoms with van der Waals surface area (Å²) in [5.41, 5.74) is 0.158. The molecule has 1 aromatic rings. The highest BCUT2D eigenvalue weighted by atomic mass is 16.5. The summed E-state index contributed by atoms with van der Waals surface area (Å²) in [4.78, 5) is 21.4. The summed E-state index contributed by atoms with van der Waals surface area (Å²) in [5.74, 6) is -0.162. The van der Waals surface area contributed by atoms with Gasteiger partial charge in [0.1, 0.15) is 6.61 Å². The summed E-state index contributed by atoms with van der Waals surface area (Å²) in [6.45, 7) is 1.38. The number of esters is 1. The molecule has 2 rings (SSSR count). The van der Waals surface area contributed by atoms with E-state index in [0.717, 1.165) is 6.54 Å². The molecule has 0 aromatic carbocycles. The molecule has 1 aliphatic carbocycles. The number of likely N-dealkylation sites (N-methyl/N-ethyl adjacent to an activating group) is 1. The van der Waals surface area contributed by atoms with Crippen molar-refractivity contribution in [2.45, 2.75) is 18.9 Å². The second-order valence-electron chi connectivity index (χ2n) is 4.29. The first-order chi connectivity index (χ1) is 8.70. The number of methoxy groups -OCH3 is 1. The summed E-state index contributed by atoms with van der Waals surface area (Å²) in [6.07, 6.45) is 5.39. The van der Waals surface area contributed by atoms with Crippen molar-refractivity contribution in [3.63, 3.8) is 0 Å². The van der Waals surface area contributed by atoms with Gasteiger partial charge >= 0.3 is 5.97 Å². The molecule has 1 aliphatic rings. The molecule has 0 saturated heterocycles. The van der Waals surface area contributed by atoms with Crippen molar-refractivity contribution in [2.24, 2.45) is 0 Å². The zero-order valence-corrected chi connectivity index (χ0v) is 10.6. The number of aromatic nitrogens is 2. The minimum Gasteiger partial charge on any atom is -0.475 e. The molecule has 6 nitrogen and oxygen atoms in total. The van der Waals surface area contributed by atoms with Gasteiger partial charge in [0.15, 0.2) is 5.69 Å². The van der Waals surface area contributed by atoms with E-state index in [2.05, 4.69) is 26.7 Å². The van der Waals surface area contributed by atoms with Crippen LogP contribution in [0.4, 0.5) is 0 Å². The fourth-order valence-corrected chi connectivity index (χ4v) is 1.61. The third kappa shape index (κ3) is 3.40. The van der Waals surface area contributed by atoms with Gasteiger partial charge in [-0.3, -0.25) is 4.98 Å². The normalized spacial score (nSPS) is 14.6. The predicted molar refractivity (Wildman–Crippen MR) is 64.5 cm³/mol. The van der Waals surface area contributed by atoms with Crippen LogP contribution in [0.1, 0.15) is 23.3 Å². The molecule has 0 unspecified atom stereocenters. The van der Waals surface area contributed by atoms with E-state index in [-0.39, 0.29) is 5.69 Å². The molecular formula is C12H17N3O3. The van der Waals surface area contributed by atoms with E-state index in [0.29, 0.717) is 18.5 Å². The smallest absolute Gasteiger partial charge is 0.358 e. The van der Waals surface area contributed by atoms with Crippen LogP contribution in [0, 0.1) is 0 Å². The third-order valence-electron chi connectivity index (χ3n) is 2.87. The van der Waals surface area contributed by atoms with Crippen molar-refractivity contribution in [3.05, 3.63) is 18.1 Å². The quantitative estimate of drug-likeness (QED) is 0.695. The second kappa shape index (κ2) is 5.77. The molecule has 18 heavy (non-hydrogen) atoms. The van der Waals surface area contributed by atoms with E-state index in [1.165, 1.54) is 32.3 Å². The Morgan fingerprint density at radius 1 is 1.50 bits per heavy atom. The minimum atomic E-state index is -0.511. The molecule has 0 aliphatic heterocycles. The van der Waals surface area contributed by atoms with E-state index in [1.54, 1.807) is 0 Å².